The standard InChI is InChI=1S/C12H16N2O2/c15-14(16)12-7-4-10(5-8-12)3-6-11-2-1-9-13-11/h4-5,7-8,11,13H,1-3,6,9H2. The molecule has 1 N–H and O–H groups in total. The zero-order valence-corrected chi connectivity index (χ0v) is 9.19. The number of hydrogen-bond acceptors (Lipinski definition) is 3. The van der Waals surface area contributed by atoms with Crippen LogP contribution in [0.5, 0.6) is 0 Å². The highest BCUT2D eigenvalue weighted by Gasteiger charge is 2.13. The molecule has 4 nitrogen and oxygen atoms in total. The molecule has 4 heteroatoms. The van der Waals surface area contributed by atoms with Crippen LogP contribution < -0.4 is 5.32 Å². The summed E-state index contributed by atoms with van der Waals surface area (Å²) in [5, 5.41) is 13.9. The summed E-state index contributed by atoms with van der Waals surface area (Å²) in [6, 6.07) is 7.50. The topological polar surface area (TPSA) is 55.2 Å². The molecule has 0 bridgehead atoms. The molecular formula is C12H16N2O2. The highest BCUT2D eigenvalue weighted by Crippen LogP contribution is 2.16. The Morgan fingerprint density at radius 3 is 2.69 bits per heavy atom. The molecule has 1 aromatic rings. The van der Waals surface area contributed by atoms with Gasteiger partial charge in [0.05, 0.1) is 4.92 Å². The van der Waals surface area contributed by atoms with Crippen molar-refractivity contribution in [2.24, 2.45) is 0 Å². The van der Waals surface area contributed by atoms with Gasteiger partial charge in [0.1, 0.15) is 0 Å². The van der Waals surface area contributed by atoms with Gasteiger partial charge in [0.25, 0.3) is 5.69 Å². The summed E-state index contributed by atoms with van der Waals surface area (Å²) in [7, 11) is 0. The third kappa shape index (κ3) is 2.79. The lowest BCUT2D eigenvalue weighted by atomic mass is 10.0. The number of nitrogens with one attached hydrogen (secondary N) is 1. The van der Waals surface area contributed by atoms with Crippen LogP contribution in [0.2, 0.25) is 0 Å². The SMILES string of the molecule is O=[N+]([O-])c1ccc(CCC2CCCN2)cc1. The smallest absolute Gasteiger partial charge is 0.269 e. The Bertz CT molecular complexity index is 356. The first kappa shape index (κ1) is 11.1. The second kappa shape index (κ2) is 5.07. The first-order valence-electron chi connectivity index (χ1n) is 5.72. The summed E-state index contributed by atoms with van der Waals surface area (Å²) in [6.45, 7) is 1.13. The molecule has 0 aromatic heterocycles. The minimum atomic E-state index is -0.359. The summed E-state index contributed by atoms with van der Waals surface area (Å²) in [5.74, 6) is 0. The number of hydrogen-bond donors (Lipinski definition) is 1. The molecule has 0 radical (unpaired) electrons. The number of nitro benzene ring substituents is 1. The van der Waals surface area contributed by atoms with Crippen molar-refractivity contribution in [3.05, 3.63) is 39.9 Å². The number of nitro groups is 1. The van der Waals surface area contributed by atoms with E-state index in [0.717, 1.165) is 19.4 Å². The molecule has 2 rings (SSSR count). The molecule has 0 amide bonds. The summed E-state index contributed by atoms with van der Waals surface area (Å²) in [5.41, 5.74) is 1.35. The van der Waals surface area contributed by atoms with Gasteiger partial charge in [-0.15, -0.1) is 0 Å². The molecular weight excluding hydrogens is 204 g/mol. The Hall–Kier alpha value is -1.42. The van der Waals surface area contributed by atoms with Crippen LogP contribution >= 0.6 is 0 Å². The fourth-order valence-corrected chi connectivity index (χ4v) is 2.13. The zero-order chi connectivity index (χ0) is 11.4. The van der Waals surface area contributed by atoms with Gasteiger partial charge in [0, 0.05) is 18.2 Å². The van der Waals surface area contributed by atoms with E-state index in [1.807, 2.05) is 12.1 Å². The molecule has 1 aromatic carbocycles. The quantitative estimate of drug-likeness (QED) is 0.625. The second-order valence-corrected chi connectivity index (χ2v) is 4.26. The maximum Gasteiger partial charge on any atom is 0.269 e. The monoisotopic (exact) mass is 220 g/mol. The maximum absolute atomic E-state index is 10.5. The lowest BCUT2D eigenvalue weighted by molar-refractivity contribution is -0.384. The molecule has 16 heavy (non-hydrogen) atoms. The summed E-state index contributed by atoms with van der Waals surface area (Å²) in [6.07, 6.45) is 4.64. The molecule has 1 saturated heterocycles. The van der Waals surface area contributed by atoms with Gasteiger partial charge in [0.2, 0.25) is 0 Å². The van der Waals surface area contributed by atoms with Crippen molar-refractivity contribution in [1.29, 1.82) is 0 Å². The lowest BCUT2D eigenvalue weighted by Gasteiger charge is -2.09. The van der Waals surface area contributed by atoms with Gasteiger partial charge in [-0.25, -0.2) is 0 Å². The summed E-state index contributed by atoms with van der Waals surface area (Å²) < 4.78 is 0. The molecule has 1 fully saturated rings. The zero-order valence-electron chi connectivity index (χ0n) is 9.19. The van der Waals surface area contributed by atoms with Gasteiger partial charge < -0.3 is 5.32 Å². The lowest BCUT2D eigenvalue weighted by Crippen LogP contribution is -2.21. The van der Waals surface area contributed by atoms with Gasteiger partial charge in [-0.05, 0) is 37.8 Å². The predicted molar refractivity (Wildman–Crippen MR) is 62.4 cm³/mol. The molecule has 1 unspecified atom stereocenters. The minimum absolute atomic E-state index is 0.169. The Morgan fingerprint density at radius 1 is 1.38 bits per heavy atom. The summed E-state index contributed by atoms with van der Waals surface area (Å²) in [4.78, 5) is 10.1. The normalized spacial score (nSPS) is 19.9. The third-order valence-electron chi connectivity index (χ3n) is 3.09. The minimum Gasteiger partial charge on any atom is -0.314 e. The average molecular weight is 220 g/mol. The Balaban J connectivity index is 1.87. The average Bonchev–Trinajstić information content (AvgIpc) is 2.80. The number of aryl methyl sites for hydroxylation is 1. The van der Waals surface area contributed by atoms with Crippen molar-refractivity contribution >= 4 is 5.69 Å². The largest absolute Gasteiger partial charge is 0.314 e. The molecule has 0 aliphatic carbocycles. The predicted octanol–water partition coefficient (Wildman–Crippen LogP) is 2.28. The van der Waals surface area contributed by atoms with Gasteiger partial charge in [-0.3, -0.25) is 10.1 Å². The van der Waals surface area contributed by atoms with E-state index in [9.17, 15) is 10.1 Å². The van der Waals surface area contributed by atoms with E-state index in [4.69, 9.17) is 0 Å². The number of rotatable bonds is 4. The third-order valence-corrected chi connectivity index (χ3v) is 3.09. The Kier molecular flexibility index (Phi) is 3.51. The number of nitrogens with zero attached hydrogens (tertiary/aromatic N) is 1. The molecule has 0 saturated carbocycles. The molecule has 1 aliphatic rings. The van der Waals surface area contributed by atoms with Crippen molar-refractivity contribution < 1.29 is 4.92 Å². The van der Waals surface area contributed by atoms with E-state index in [2.05, 4.69) is 5.32 Å². The van der Waals surface area contributed by atoms with Crippen LogP contribution in [0.1, 0.15) is 24.8 Å². The number of benzene rings is 1. The number of non-ortho nitro benzene ring substituents is 1. The highest BCUT2D eigenvalue weighted by molar-refractivity contribution is 5.32. The fraction of sp³-hybridized carbons (Fsp3) is 0.500. The molecule has 1 aliphatic heterocycles. The van der Waals surface area contributed by atoms with Crippen LogP contribution in [0.25, 0.3) is 0 Å². The Labute approximate surface area is 94.8 Å². The maximum atomic E-state index is 10.5. The van der Waals surface area contributed by atoms with Crippen LogP contribution in [-0.2, 0) is 6.42 Å². The van der Waals surface area contributed by atoms with Gasteiger partial charge >= 0.3 is 0 Å². The molecule has 0 spiro atoms. The van der Waals surface area contributed by atoms with Gasteiger partial charge in [-0.1, -0.05) is 12.1 Å². The molecule has 1 heterocycles. The van der Waals surface area contributed by atoms with Crippen LogP contribution in [0.4, 0.5) is 5.69 Å². The first-order chi connectivity index (χ1) is 7.75. The van der Waals surface area contributed by atoms with Crippen molar-refractivity contribution in [1.82, 2.24) is 5.32 Å². The van der Waals surface area contributed by atoms with Crippen molar-refractivity contribution in [2.45, 2.75) is 31.7 Å². The van der Waals surface area contributed by atoms with E-state index >= 15 is 0 Å². The first-order valence-corrected chi connectivity index (χ1v) is 5.72. The van der Waals surface area contributed by atoms with E-state index in [1.165, 1.54) is 18.4 Å². The second-order valence-electron chi connectivity index (χ2n) is 4.26. The van der Waals surface area contributed by atoms with E-state index in [0.29, 0.717) is 6.04 Å². The van der Waals surface area contributed by atoms with Crippen molar-refractivity contribution in [2.75, 3.05) is 6.54 Å². The molecule has 86 valence electrons. The molecule has 1 atom stereocenters. The van der Waals surface area contributed by atoms with Crippen LogP contribution in [0, 0.1) is 10.1 Å². The van der Waals surface area contributed by atoms with E-state index in [-0.39, 0.29) is 10.6 Å². The Morgan fingerprint density at radius 2 is 2.12 bits per heavy atom. The highest BCUT2D eigenvalue weighted by atomic mass is 16.6. The van der Waals surface area contributed by atoms with Crippen LogP contribution in [-0.4, -0.2) is 17.5 Å². The van der Waals surface area contributed by atoms with E-state index < -0.39 is 0 Å². The van der Waals surface area contributed by atoms with Gasteiger partial charge in [-0.2, -0.15) is 0 Å². The van der Waals surface area contributed by atoms with Crippen LogP contribution in [0.3, 0.4) is 0 Å². The summed E-state index contributed by atoms with van der Waals surface area (Å²) >= 11 is 0. The van der Waals surface area contributed by atoms with Crippen molar-refractivity contribution in [3.63, 3.8) is 0 Å². The van der Waals surface area contributed by atoms with E-state index in [1.54, 1.807) is 12.1 Å². The van der Waals surface area contributed by atoms with Crippen LogP contribution in [0.15, 0.2) is 24.3 Å². The fourth-order valence-electron chi connectivity index (χ4n) is 2.13. The van der Waals surface area contributed by atoms with Gasteiger partial charge in [0.15, 0.2) is 0 Å². The van der Waals surface area contributed by atoms with Crippen molar-refractivity contribution in [3.8, 4) is 0 Å².